The van der Waals surface area contributed by atoms with Crippen molar-refractivity contribution in [3.63, 3.8) is 0 Å². The molecule has 0 aliphatic carbocycles. The van der Waals surface area contributed by atoms with Crippen LogP contribution in [0.5, 0.6) is 0 Å². The zero-order valence-corrected chi connectivity index (χ0v) is 11.3. The summed E-state index contributed by atoms with van der Waals surface area (Å²) in [7, 11) is -4.27. The van der Waals surface area contributed by atoms with Crippen LogP contribution in [0.25, 0.3) is 0 Å². The maximum absolute atomic E-state index is 13.4. The molecule has 0 radical (unpaired) electrons. The molecule has 5 nitrogen and oxygen atoms in total. The number of nitrogens with one attached hydrogen (secondary N) is 1. The number of halogens is 2. The lowest BCUT2D eigenvalue weighted by Crippen LogP contribution is -2.35. The Balaban J connectivity index is 3.01. The predicted molar refractivity (Wildman–Crippen MR) is 66.8 cm³/mol. The van der Waals surface area contributed by atoms with Crippen LogP contribution in [0.4, 0.5) is 14.5 Å². The Kier molecular flexibility index (Phi) is 4.83. The number of hydrogen-bond acceptors (Lipinski definition) is 4. The quantitative estimate of drug-likeness (QED) is 0.702. The second kappa shape index (κ2) is 5.81. The number of hydrogen-bond donors (Lipinski definition) is 3. The van der Waals surface area contributed by atoms with Crippen molar-refractivity contribution in [2.45, 2.75) is 24.8 Å². The molecule has 0 saturated heterocycles. The number of anilines is 1. The van der Waals surface area contributed by atoms with Crippen molar-refractivity contribution < 1.29 is 22.3 Å². The molecule has 0 heterocycles. The number of rotatable bonds is 5. The first-order valence-corrected chi connectivity index (χ1v) is 7.05. The van der Waals surface area contributed by atoms with Crippen molar-refractivity contribution in [3.05, 3.63) is 23.8 Å². The molecule has 19 heavy (non-hydrogen) atoms. The van der Waals surface area contributed by atoms with Crippen LogP contribution in [-0.4, -0.2) is 26.2 Å². The highest BCUT2D eigenvalue weighted by molar-refractivity contribution is 7.89. The Morgan fingerprint density at radius 3 is 2.47 bits per heavy atom. The molecule has 108 valence electrons. The zero-order chi connectivity index (χ0) is 14.8. The molecular formula is C11H16F2N2O3S. The van der Waals surface area contributed by atoms with E-state index in [4.69, 9.17) is 5.73 Å². The molecular weight excluding hydrogens is 278 g/mol. The lowest BCUT2D eigenvalue weighted by Gasteiger charge is -2.15. The van der Waals surface area contributed by atoms with E-state index in [1.165, 1.54) is 0 Å². The van der Waals surface area contributed by atoms with E-state index >= 15 is 0 Å². The topological polar surface area (TPSA) is 92.4 Å². The zero-order valence-electron chi connectivity index (χ0n) is 10.5. The molecule has 0 bridgehead atoms. The normalized spacial score (nSPS) is 13.8. The van der Waals surface area contributed by atoms with Gasteiger partial charge in [-0.1, -0.05) is 13.8 Å². The number of aliphatic hydroxyl groups excluding tert-OH is 1. The monoisotopic (exact) mass is 294 g/mol. The number of nitrogens with two attached hydrogens (primary N) is 1. The molecule has 0 spiro atoms. The smallest absolute Gasteiger partial charge is 0.243 e. The van der Waals surface area contributed by atoms with Crippen LogP contribution in [0.1, 0.15) is 13.8 Å². The van der Waals surface area contributed by atoms with Crippen LogP contribution < -0.4 is 10.5 Å². The van der Waals surface area contributed by atoms with Gasteiger partial charge < -0.3 is 10.8 Å². The van der Waals surface area contributed by atoms with Gasteiger partial charge in [-0.2, -0.15) is 0 Å². The van der Waals surface area contributed by atoms with Gasteiger partial charge in [0.1, 0.15) is 4.90 Å². The summed E-state index contributed by atoms with van der Waals surface area (Å²) in [5, 5.41) is 9.50. The Labute approximate surface area is 110 Å². The first-order chi connectivity index (χ1) is 8.65. The summed E-state index contributed by atoms with van der Waals surface area (Å²) in [5.74, 6) is -3.02. The van der Waals surface area contributed by atoms with Gasteiger partial charge in [-0.15, -0.1) is 0 Å². The van der Waals surface area contributed by atoms with Gasteiger partial charge in [0, 0.05) is 12.2 Å². The number of nitrogen functional groups attached to an aromatic ring is 1. The predicted octanol–water partition coefficient (Wildman–Crippen LogP) is 0.842. The van der Waals surface area contributed by atoms with Crippen molar-refractivity contribution in [1.29, 1.82) is 0 Å². The maximum atomic E-state index is 13.4. The average Bonchev–Trinajstić information content (AvgIpc) is 2.30. The molecule has 0 aromatic heterocycles. The molecule has 4 N–H and O–H groups in total. The van der Waals surface area contributed by atoms with Crippen molar-refractivity contribution >= 4 is 15.7 Å². The van der Waals surface area contributed by atoms with Crippen LogP contribution >= 0.6 is 0 Å². The van der Waals surface area contributed by atoms with E-state index in [0.717, 1.165) is 6.07 Å². The third-order valence-corrected chi connectivity index (χ3v) is 3.98. The molecule has 1 aromatic rings. The summed E-state index contributed by atoms with van der Waals surface area (Å²) < 4.78 is 52.2. The van der Waals surface area contributed by atoms with Gasteiger partial charge in [-0.3, -0.25) is 0 Å². The Morgan fingerprint density at radius 1 is 1.37 bits per heavy atom. The standard InChI is InChI=1S/C11H16F2N2O3S/c1-6(2)9(16)5-15-19(17,18)10-4-7(14)3-8(12)11(10)13/h3-4,6,9,15-16H,5,14H2,1-2H3. The molecule has 0 aliphatic rings. The van der Waals surface area contributed by atoms with E-state index in [-0.39, 0.29) is 18.2 Å². The summed E-state index contributed by atoms with van der Waals surface area (Å²) in [6.45, 7) is 3.09. The summed E-state index contributed by atoms with van der Waals surface area (Å²) in [4.78, 5) is -0.874. The Hall–Kier alpha value is -1.25. The van der Waals surface area contributed by atoms with Crippen LogP contribution in [0.3, 0.4) is 0 Å². The number of aliphatic hydroxyl groups is 1. The number of benzene rings is 1. The fourth-order valence-corrected chi connectivity index (χ4v) is 2.46. The fraction of sp³-hybridized carbons (Fsp3) is 0.455. The van der Waals surface area contributed by atoms with Gasteiger partial charge in [0.05, 0.1) is 6.10 Å². The summed E-state index contributed by atoms with van der Waals surface area (Å²) in [5.41, 5.74) is 5.08. The van der Waals surface area contributed by atoms with E-state index in [1.807, 2.05) is 4.72 Å². The van der Waals surface area contributed by atoms with Crippen molar-refractivity contribution in [2.75, 3.05) is 12.3 Å². The van der Waals surface area contributed by atoms with E-state index in [1.54, 1.807) is 13.8 Å². The minimum absolute atomic E-state index is 0.176. The SMILES string of the molecule is CC(C)C(O)CNS(=O)(=O)c1cc(N)cc(F)c1F. The second-order valence-electron chi connectivity index (χ2n) is 4.48. The van der Waals surface area contributed by atoms with Gasteiger partial charge in [0.25, 0.3) is 0 Å². The van der Waals surface area contributed by atoms with Crippen LogP contribution in [0.2, 0.25) is 0 Å². The van der Waals surface area contributed by atoms with Crippen molar-refractivity contribution in [2.24, 2.45) is 5.92 Å². The Morgan fingerprint density at radius 2 is 1.95 bits per heavy atom. The average molecular weight is 294 g/mol. The molecule has 0 fully saturated rings. The maximum Gasteiger partial charge on any atom is 0.243 e. The molecule has 1 rings (SSSR count). The van der Waals surface area contributed by atoms with Crippen LogP contribution in [0.15, 0.2) is 17.0 Å². The summed E-state index contributed by atoms with van der Waals surface area (Å²) in [6, 6.07) is 1.51. The minimum atomic E-state index is -4.27. The highest BCUT2D eigenvalue weighted by atomic mass is 32.2. The molecule has 8 heteroatoms. The molecule has 1 atom stereocenters. The first-order valence-electron chi connectivity index (χ1n) is 5.57. The lowest BCUT2D eigenvalue weighted by atomic mass is 10.1. The summed E-state index contributed by atoms with van der Waals surface area (Å²) in [6.07, 6.45) is -0.927. The van der Waals surface area contributed by atoms with E-state index in [0.29, 0.717) is 6.07 Å². The van der Waals surface area contributed by atoms with Gasteiger partial charge >= 0.3 is 0 Å². The minimum Gasteiger partial charge on any atom is -0.399 e. The highest BCUT2D eigenvalue weighted by Gasteiger charge is 2.23. The van der Waals surface area contributed by atoms with Crippen LogP contribution in [-0.2, 0) is 10.0 Å². The first kappa shape index (κ1) is 15.8. The Bertz CT molecular complexity index is 561. The second-order valence-corrected chi connectivity index (χ2v) is 6.21. The van der Waals surface area contributed by atoms with Crippen molar-refractivity contribution in [3.8, 4) is 0 Å². The fourth-order valence-electron chi connectivity index (χ4n) is 1.29. The van der Waals surface area contributed by atoms with Gasteiger partial charge in [-0.05, 0) is 18.1 Å². The molecule has 1 unspecified atom stereocenters. The molecule has 0 amide bonds. The van der Waals surface area contributed by atoms with Crippen molar-refractivity contribution in [1.82, 2.24) is 4.72 Å². The summed E-state index contributed by atoms with van der Waals surface area (Å²) >= 11 is 0. The van der Waals surface area contributed by atoms with Crippen LogP contribution in [0, 0.1) is 17.6 Å². The van der Waals surface area contributed by atoms with E-state index in [2.05, 4.69) is 0 Å². The molecule has 0 aliphatic heterocycles. The lowest BCUT2D eigenvalue weighted by molar-refractivity contribution is 0.129. The van der Waals surface area contributed by atoms with E-state index in [9.17, 15) is 22.3 Å². The van der Waals surface area contributed by atoms with E-state index < -0.39 is 32.7 Å². The van der Waals surface area contributed by atoms with Gasteiger partial charge in [0.2, 0.25) is 10.0 Å². The third-order valence-electron chi connectivity index (χ3n) is 2.56. The third kappa shape index (κ3) is 3.85. The largest absolute Gasteiger partial charge is 0.399 e. The number of sulfonamides is 1. The van der Waals surface area contributed by atoms with Gasteiger partial charge in [-0.25, -0.2) is 21.9 Å². The molecule has 0 saturated carbocycles. The highest BCUT2D eigenvalue weighted by Crippen LogP contribution is 2.21. The molecule has 1 aromatic carbocycles. The van der Waals surface area contributed by atoms with Gasteiger partial charge in [0.15, 0.2) is 11.6 Å².